The molecule has 1 unspecified atom stereocenters. The number of carbonyl (C=O) groups excluding carboxylic acids is 1. The van der Waals surface area contributed by atoms with E-state index in [9.17, 15) is 4.79 Å². The second kappa shape index (κ2) is 7.78. The van der Waals surface area contributed by atoms with Crippen molar-refractivity contribution in [3.8, 4) is 0 Å². The smallest absolute Gasteiger partial charge is 0.240 e. The summed E-state index contributed by atoms with van der Waals surface area (Å²) < 4.78 is 2.03. The van der Waals surface area contributed by atoms with Crippen molar-refractivity contribution in [2.45, 2.75) is 32.9 Å². The lowest BCUT2D eigenvalue weighted by Crippen LogP contribution is -2.33. The van der Waals surface area contributed by atoms with Crippen molar-refractivity contribution in [3.05, 3.63) is 53.6 Å². The standard InChI is InChI=1S/C19H24N4OS/c1-13-8-9-14(2)23(13)12-18(24)20-17(10-11-25-3)19-21-15-6-4-5-7-16(15)22-19/h4-9,17H,10-12H2,1-3H3,(H,20,24)(H,21,22). The van der Waals surface area contributed by atoms with E-state index in [1.807, 2.05) is 54.8 Å². The van der Waals surface area contributed by atoms with Crippen molar-refractivity contribution < 1.29 is 4.79 Å². The number of nitrogens with one attached hydrogen (secondary N) is 2. The highest BCUT2D eigenvalue weighted by molar-refractivity contribution is 7.98. The number of hydrogen-bond donors (Lipinski definition) is 2. The molecule has 0 aliphatic carbocycles. The number of thioether (sulfide) groups is 1. The van der Waals surface area contributed by atoms with Crippen molar-refractivity contribution in [2.24, 2.45) is 0 Å². The molecule has 0 fully saturated rings. The highest BCUT2D eigenvalue weighted by atomic mass is 32.2. The quantitative estimate of drug-likeness (QED) is 0.680. The number of fused-ring (bicyclic) bond motifs is 1. The summed E-state index contributed by atoms with van der Waals surface area (Å²) in [5.74, 6) is 1.79. The van der Waals surface area contributed by atoms with E-state index in [0.29, 0.717) is 6.54 Å². The maximum absolute atomic E-state index is 12.6. The van der Waals surface area contributed by atoms with Crippen LogP contribution >= 0.6 is 11.8 Å². The first-order chi connectivity index (χ1) is 12.1. The van der Waals surface area contributed by atoms with Crippen LogP contribution in [0.1, 0.15) is 29.7 Å². The molecule has 0 aliphatic rings. The minimum Gasteiger partial charge on any atom is -0.345 e. The van der Waals surface area contributed by atoms with Gasteiger partial charge in [0.05, 0.1) is 17.1 Å². The molecule has 0 bridgehead atoms. The number of nitrogens with zero attached hydrogens (tertiary/aromatic N) is 2. The van der Waals surface area contributed by atoms with Gasteiger partial charge in [0, 0.05) is 11.4 Å². The molecule has 0 aliphatic heterocycles. The maximum atomic E-state index is 12.6. The van der Waals surface area contributed by atoms with E-state index >= 15 is 0 Å². The Bertz CT molecular complexity index is 815. The van der Waals surface area contributed by atoms with Gasteiger partial charge >= 0.3 is 0 Å². The van der Waals surface area contributed by atoms with Crippen LogP contribution < -0.4 is 5.32 Å². The molecule has 3 aromatic rings. The monoisotopic (exact) mass is 356 g/mol. The molecule has 1 atom stereocenters. The molecule has 5 nitrogen and oxygen atoms in total. The largest absolute Gasteiger partial charge is 0.345 e. The van der Waals surface area contributed by atoms with Gasteiger partial charge in [-0.2, -0.15) is 11.8 Å². The second-order valence-electron chi connectivity index (χ2n) is 6.24. The molecular weight excluding hydrogens is 332 g/mol. The molecule has 25 heavy (non-hydrogen) atoms. The van der Waals surface area contributed by atoms with Crippen LogP contribution in [0.4, 0.5) is 0 Å². The molecular formula is C19H24N4OS. The van der Waals surface area contributed by atoms with Crippen molar-refractivity contribution in [3.63, 3.8) is 0 Å². The van der Waals surface area contributed by atoms with E-state index in [-0.39, 0.29) is 11.9 Å². The number of imidazole rings is 1. The Kier molecular flexibility index (Phi) is 5.48. The summed E-state index contributed by atoms with van der Waals surface area (Å²) in [5.41, 5.74) is 4.12. The summed E-state index contributed by atoms with van der Waals surface area (Å²) in [6.07, 6.45) is 2.92. The van der Waals surface area contributed by atoms with Gasteiger partial charge in [-0.05, 0) is 56.5 Å². The van der Waals surface area contributed by atoms with Crippen molar-refractivity contribution in [1.29, 1.82) is 0 Å². The van der Waals surface area contributed by atoms with Crippen LogP contribution in [0.3, 0.4) is 0 Å². The van der Waals surface area contributed by atoms with Gasteiger partial charge < -0.3 is 14.9 Å². The topological polar surface area (TPSA) is 62.7 Å². The van der Waals surface area contributed by atoms with Crippen LogP contribution in [-0.4, -0.2) is 32.5 Å². The summed E-state index contributed by atoms with van der Waals surface area (Å²) in [5, 5.41) is 3.15. The number of amides is 1. The minimum absolute atomic E-state index is 0.00830. The molecule has 1 aromatic carbocycles. The molecule has 3 rings (SSSR count). The van der Waals surface area contributed by atoms with Gasteiger partial charge in [-0.25, -0.2) is 4.98 Å². The SMILES string of the molecule is CSCCC(NC(=O)Cn1c(C)ccc1C)c1nc2ccccc2[nH]1. The molecule has 6 heteroatoms. The van der Waals surface area contributed by atoms with Gasteiger partial charge in [0.2, 0.25) is 5.91 Å². The summed E-state index contributed by atoms with van der Waals surface area (Å²) in [6.45, 7) is 4.37. The minimum atomic E-state index is -0.108. The van der Waals surface area contributed by atoms with Crippen LogP contribution in [0.25, 0.3) is 11.0 Å². The number of carbonyl (C=O) groups is 1. The first-order valence-electron chi connectivity index (χ1n) is 8.44. The first kappa shape index (κ1) is 17.6. The Labute approximate surface area is 152 Å². The normalized spacial score (nSPS) is 12.4. The maximum Gasteiger partial charge on any atom is 0.240 e. The molecule has 2 aromatic heterocycles. The lowest BCUT2D eigenvalue weighted by Gasteiger charge is -2.17. The Balaban J connectivity index is 1.77. The van der Waals surface area contributed by atoms with Crippen LogP contribution in [0.5, 0.6) is 0 Å². The molecule has 2 N–H and O–H groups in total. The second-order valence-corrected chi connectivity index (χ2v) is 7.23. The summed E-state index contributed by atoms with van der Waals surface area (Å²) in [6, 6.07) is 11.9. The van der Waals surface area contributed by atoms with Gasteiger partial charge in [-0.3, -0.25) is 4.79 Å². The highest BCUT2D eigenvalue weighted by Gasteiger charge is 2.19. The number of hydrogen-bond acceptors (Lipinski definition) is 3. The Morgan fingerprint density at radius 2 is 1.96 bits per heavy atom. The lowest BCUT2D eigenvalue weighted by molar-refractivity contribution is -0.122. The molecule has 0 radical (unpaired) electrons. The Morgan fingerprint density at radius 3 is 2.64 bits per heavy atom. The fraction of sp³-hybridized carbons (Fsp3) is 0.368. The molecule has 1 amide bonds. The van der Waals surface area contributed by atoms with E-state index in [2.05, 4.69) is 21.5 Å². The Hall–Kier alpha value is -2.21. The zero-order valence-electron chi connectivity index (χ0n) is 14.9. The number of benzene rings is 1. The van der Waals surface area contributed by atoms with Crippen LogP contribution in [0.2, 0.25) is 0 Å². The number of H-pyrrole nitrogens is 1. The summed E-state index contributed by atoms with van der Waals surface area (Å²) in [7, 11) is 0. The number of aromatic amines is 1. The zero-order valence-corrected chi connectivity index (χ0v) is 15.7. The van der Waals surface area contributed by atoms with Crippen molar-refractivity contribution in [1.82, 2.24) is 19.9 Å². The third-order valence-electron chi connectivity index (χ3n) is 4.40. The van der Waals surface area contributed by atoms with E-state index in [4.69, 9.17) is 0 Å². The predicted octanol–water partition coefficient (Wildman–Crippen LogP) is 3.59. The van der Waals surface area contributed by atoms with Gasteiger partial charge in [0.15, 0.2) is 0 Å². The summed E-state index contributed by atoms with van der Waals surface area (Å²) in [4.78, 5) is 20.6. The Morgan fingerprint density at radius 1 is 1.24 bits per heavy atom. The van der Waals surface area contributed by atoms with Crippen LogP contribution in [-0.2, 0) is 11.3 Å². The van der Waals surface area contributed by atoms with Crippen molar-refractivity contribution in [2.75, 3.05) is 12.0 Å². The number of aromatic nitrogens is 3. The molecule has 0 saturated heterocycles. The van der Waals surface area contributed by atoms with Crippen molar-refractivity contribution >= 4 is 28.7 Å². The zero-order chi connectivity index (χ0) is 17.8. The van der Waals surface area contributed by atoms with E-state index in [1.165, 1.54) is 0 Å². The average molecular weight is 356 g/mol. The molecule has 0 spiro atoms. The lowest BCUT2D eigenvalue weighted by atomic mass is 10.2. The van der Waals surface area contributed by atoms with E-state index in [1.54, 1.807) is 11.8 Å². The van der Waals surface area contributed by atoms with Crippen LogP contribution in [0.15, 0.2) is 36.4 Å². The van der Waals surface area contributed by atoms with Crippen LogP contribution in [0, 0.1) is 13.8 Å². The third kappa shape index (κ3) is 4.07. The number of para-hydroxylation sites is 2. The van der Waals surface area contributed by atoms with Gasteiger partial charge in [-0.15, -0.1) is 0 Å². The summed E-state index contributed by atoms with van der Waals surface area (Å²) >= 11 is 1.77. The molecule has 2 heterocycles. The van der Waals surface area contributed by atoms with E-state index < -0.39 is 0 Å². The molecule has 132 valence electrons. The highest BCUT2D eigenvalue weighted by Crippen LogP contribution is 2.20. The predicted molar refractivity (Wildman–Crippen MR) is 104 cm³/mol. The molecule has 0 saturated carbocycles. The first-order valence-corrected chi connectivity index (χ1v) is 9.83. The fourth-order valence-corrected chi connectivity index (χ4v) is 3.45. The van der Waals surface area contributed by atoms with E-state index in [0.717, 1.165) is 40.4 Å². The van der Waals surface area contributed by atoms with Gasteiger partial charge in [-0.1, -0.05) is 12.1 Å². The average Bonchev–Trinajstić information content (AvgIpc) is 3.17. The van der Waals surface area contributed by atoms with Gasteiger partial charge in [0.25, 0.3) is 0 Å². The van der Waals surface area contributed by atoms with Gasteiger partial charge in [0.1, 0.15) is 12.4 Å². The third-order valence-corrected chi connectivity index (χ3v) is 5.05. The number of aryl methyl sites for hydroxylation is 2. The number of rotatable bonds is 7. The fourth-order valence-electron chi connectivity index (χ4n) is 2.98.